The molecule has 2 heterocycles. The molecule has 4 nitrogen and oxygen atoms in total. The van der Waals surface area contributed by atoms with Crippen LogP contribution in [0.1, 0.15) is 30.3 Å². The largest absolute Gasteiger partial charge is 0.485 e. The fourth-order valence-corrected chi connectivity index (χ4v) is 2.63. The lowest BCUT2D eigenvalue weighted by Gasteiger charge is -2.21. The fraction of sp³-hybridized carbons (Fsp3) is 0.438. The van der Waals surface area contributed by atoms with Gasteiger partial charge >= 0.3 is 0 Å². The van der Waals surface area contributed by atoms with Crippen LogP contribution in [0.3, 0.4) is 0 Å². The van der Waals surface area contributed by atoms with Gasteiger partial charge in [0.15, 0.2) is 0 Å². The van der Waals surface area contributed by atoms with E-state index in [2.05, 4.69) is 35.5 Å². The average molecular weight is 271 g/mol. The standard InChI is InChI=1S/C16H21N3O/c1-3-13-10-14(19(2)18-13)11-20-15-8-4-6-12-7-5-9-17-16(12)15/h4,6,8,10,17H,3,5,7,9,11H2,1-2H3. The number of rotatable bonds is 4. The summed E-state index contributed by atoms with van der Waals surface area (Å²) in [5.74, 6) is 0.946. The number of hydrogen-bond acceptors (Lipinski definition) is 3. The molecule has 0 bridgehead atoms. The van der Waals surface area contributed by atoms with E-state index in [0.29, 0.717) is 6.61 Å². The van der Waals surface area contributed by atoms with Crippen LogP contribution >= 0.6 is 0 Å². The highest BCUT2D eigenvalue weighted by Crippen LogP contribution is 2.32. The van der Waals surface area contributed by atoms with Crippen molar-refractivity contribution in [1.82, 2.24) is 9.78 Å². The van der Waals surface area contributed by atoms with Crippen LogP contribution in [0, 0.1) is 0 Å². The first-order valence-electron chi connectivity index (χ1n) is 7.28. The molecule has 0 amide bonds. The molecule has 1 aliphatic heterocycles. The number of aromatic nitrogens is 2. The fourth-order valence-electron chi connectivity index (χ4n) is 2.63. The summed E-state index contributed by atoms with van der Waals surface area (Å²) in [6.07, 6.45) is 3.28. The van der Waals surface area contributed by atoms with E-state index in [4.69, 9.17) is 4.74 Å². The molecule has 0 spiro atoms. The van der Waals surface area contributed by atoms with Crippen molar-refractivity contribution in [3.63, 3.8) is 0 Å². The number of hydrogen-bond donors (Lipinski definition) is 1. The molecule has 0 atom stereocenters. The minimum atomic E-state index is 0.557. The molecule has 20 heavy (non-hydrogen) atoms. The lowest BCUT2D eigenvalue weighted by Crippen LogP contribution is -2.13. The van der Waals surface area contributed by atoms with Crippen molar-refractivity contribution in [2.75, 3.05) is 11.9 Å². The lowest BCUT2D eigenvalue weighted by atomic mass is 10.0. The van der Waals surface area contributed by atoms with Crippen LogP contribution in [-0.4, -0.2) is 16.3 Å². The summed E-state index contributed by atoms with van der Waals surface area (Å²) in [5, 5.41) is 7.90. The Hall–Kier alpha value is -1.97. The van der Waals surface area contributed by atoms with Crippen molar-refractivity contribution in [1.29, 1.82) is 0 Å². The summed E-state index contributed by atoms with van der Waals surface area (Å²) in [6.45, 7) is 3.70. The predicted octanol–water partition coefficient (Wildman–Crippen LogP) is 2.92. The molecule has 0 unspecified atom stereocenters. The highest BCUT2D eigenvalue weighted by atomic mass is 16.5. The van der Waals surface area contributed by atoms with Crippen molar-refractivity contribution < 1.29 is 4.74 Å². The van der Waals surface area contributed by atoms with Crippen LogP contribution in [-0.2, 0) is 26.5 Å². The minimum Gasteiger partial charge on any atom is -0.485 e. The first-order valence-corrected chi connectivity index (χ1v) is 7.28. The Morgan fingerprint density at radius 3 is 3.10 bits per heavy atom. The second kappa shape index (κ2) is 5.57. The number of fused-ring (bicyclic) bond motifs is 1. The van der Waals surface area contributed by atoms with Gasteiger partial charge in [-0.05, 0) is 37.0 Å². The summed E-state index contributed by atoms with van der Waals surface area (Å²) in [5.41, 5.74) is 4.74. The van der Waals surface area contributed by atoms with E-state index < -0.39 is 0 Å². The van der Waals surface area contributed by atoms with E-state index in [1.54, 1.807) is 0 Å². The number of benzene rings is 1. The maximum absolute atomic E-state index is 6.01. The molecule has 1 aromatic heterocycles. The monoisotopic (exact) mass is 271 g/mol. The van der Waals surface area contributed by atoms with Crippen LogP contribution in [0.5, 0.6) is 5.75 Å². The average Bonchev–Trinajstić information content (AvgIpc) is 2.85. The summed E-state index contributed by atoms with van der Waals surface area (Å²) < 4.78 is 7.91. The van der Waals surface area contributed by atoms with Crippen LogP contribution in [0.2, 0.25) is 0 Å². The summed E-state index contributed by atoms with van der Waals surface area (Å²) >= 11 is 0. The van der Waals surface area contributed by atoms with Crippen LogP contribution in [0.15, 0.2) is 24.3 Å². The molecule has 0 radical (unpaired) electrons. The molecule has 0 saturated heterocycles. The zero-order valence-corrected chi connectivity index (χ0v) is 12.1. The normalized spacial score (nSPS) is 13.7. The van der Waals surface area contributed by atoms with E-state index in [1.807, 2.05) is 17.8 Å². The molecule has 4 heteroatoms. The molecule has 2 aromatic rings. The van der Waals surface area contributed by atoms with Gasteiger partial charge in [0.05, 0.1) is 17.1 Å². The minimum absolute atomic E-state index is 0.557. The van der Waals surface area contributed by atoms with E-state index in [1.165, 1.54) is 12.0 Å². The third kappa shape index (κ3) is 2.50. The SMILES string of the molecule is CCc1cc(COc2cccc3c2NCCC3)n(C)n1. The highest BCUT2D eigenvalue weighted by molar-refractivity contribution is 5.63. The highest BCUT2D eigenvalue weighted by Gasteiger charge is 2.14. The van der Waals surface area contributed by atoms with Crippen molar-refractivity contribution in [3.8, 4) is 5.75 Å². The van der Waals surface area contributed by atoms with E-state index in [9.17, 15) is 0 Å². The Balaban J connectivity index is 1.76. The summed E-state index contributed by atoms with van der Waals surface area (Å²) in [6, 6.07) is 8.40. The third-order valence-electron chi connectivity index (χ3n) is 3.80. The third-order valence-corrected chi connectivity index (χ3v) is 3.80. The van der Waals surface area contributed by atoms with E-state index in [-0.39, 0.29) is 0 Å². The first kappa shape index (κ1) is 13.0. The van der Waals surface area contributed by atoms with Crippen LogP contribution in [0.25, 0.3) is 0 Å². The van der Waals surface area contributed by atoms with Gasteiger partial charge in [-0.2, -0.15) is 5.10 Å². The number of nitrogens with zero attached hydrogens (tertiary/aromatic N) is 2. The van der Waals surface area contributed by atoms with Gasteiger partial charge in [-0.3, -0.25) is 4.68 Å². The molecule has 1 aromatic carbocycles. The molecule has 1 aliphatic rings. The van der Waals surface area contributed by atoms with Crippen LogP contribution < -0.4 is 10.1 Å². The summed E-state index contributed by atoms with van der Waals surface area (Å²) in [4.78, 5) is 0. The quantitative estimate of drug-likeness (QED) is 0.929. The first-order chi connectivity index (χ1) is 9.78. The number of ether oxygens (including phenoxy) is 1. The molecule has 3 rings (SSSR count). The van der Waals surface area contributed by atoms with Crippen molar-refractivity contribution in [2.24, 2.45) is 7.05 Å². The Morgan fingerprint density at radius 1 is 1.40 bits per heavy atom. The molecular weight excluding hydrogens is 250 g/mol. The van der Waals surface area contributed by atoms with Gasteiger partial charge in [-0.15, -0.1) is 0 Å². The van der Waals surface area contributed by atoms with Gasteiger partial charge in [-0.1, -0.05) is 19.1 Å². The van der Waals surface area contributed by atoms with Crippen LogP contribution in [0.4, 0.5) is 5.69 Å². The second-order valence-electron chi connectivity index (χ2n) is 5.21. The molecule has 0 fully saturated rings. The Labute approximate surface area is 119 Å². The van der Waals surface area contributed by atoms with Gasteiger partial charge in [-0.25, -0.2) is 0 Å². The van der Waals surface area contributed by atoms with E-state index >= 15 is 0 Å². The topological polar surface area (TPSA) is 39.1 Å². The molecule has 1 N–H and O–H groups in total. The predicted molar refractivity (Wildman–Crippen MR) is 80.2 cm³/mol. The summed E-state index contributed by atoms with van der Waals surface area (Å²) in [7, 11) is 1.97. The van der Waals surface area contributed by atoms with E-state index in [0.717, 1.165) is 42.2 Å². The van der Waals surface area contributed by atoms with Gasteiger partial charge in [0.1, 0.15) is 12.4 Å². The van der Waals surface area contributed by atoms with Crippen molar-refractivity contribution >= 4 is 5.69 Å². The lowest BCUT2D eigenvalue weighted by molar-refractivity contribution is 0.295. The van der Waals surface area contributed by atoms with Gasteiger partial charge in [0.2, 0.25) is 0 Å². The number of aryl methyl sites for hydroxylation is 3. The molecule has 106 valence electrons. The second-order valence-corrected chi connectivity index (χ2v) is 5.21. The van der Waals surface area contributed by atoms with Crippen molar-refractivity contribution in [3.05, 3.63) is 41.2 Å². The Bertz CT molecular complexity index is 604. The van der Waals surface area contributed by atoms with Gasteiger partial charge in [0, 0.05) is 13.6 Å². The van der Waals surface area contributed by atoms with Gasteiger partial charge in [0.25, 0.3) is 0 Å². The van der Waals surface area contributed by atoms with Crippen molar-refractivity contribution in [2.45, 2.75) is 32.8 Å². The molecular formula is C16H21N3O. The Kier molecular flexibility index (Phi) is 3.63. The smallest absolute Gasteiger partial charge is 0.143 e. The number of para-hydroxylation sites is 1. The molecule has 0 saturated carbocycles. The number of anilines is 1. The zero-order chi connectivity index (χ0) is 13.9. The Morgan fingerprint density at radius 2 is 2.30 bits per heavy atom. The molecule has 0 aliphatic carbocycles. The maximum atomic E-state index is 6.01. The van der Waals surface area contributed by atoms with Gasteiger partial charge < -0.3 is 10.1 Å². The maximum Gasteiger partial charge on any atom is 0.143 e. The number of nitrogens with one attached hydrogen (secondary N) is 1. The zero-order valence-electron chi connectivity index (χ0n) is 12.1.